The predicted molar refractivity (Wildman–Crippen MR) is 88.9 cm³/mol. The quantitative estimate of drug-likeness (QED) is 0.918. The lowest BCUT2D eigenvalue weighted by Gasteiger charge is -2.38. The van der Waals surface area contributed by atoms with Crippen LogP contribution in [-0.4, -0.2) is 37.0 Å². The number of ether oxygens (including phenoxy) is 1. The first kappa shape index (κ1) is 18.2. The number of carbonyl (C=O) groups is 1. The van der Waals surface area contributed by atoms with Gasteiger partial charge in [-0.05, 0) is 30.5 Å². The molecule has 1 atom stereocenters. The number of amides is 1. The van der Waals surface area contributed by atoms with Crippen molar-refractivity contribution in [3.63, 3.8) is 0 Å². The Morgan fingerprint density at radius 1 is 1.30 bits per heavy atom. The molecule has 0 spiro atoms. The molecular formula is C17H24ClFN2O2. The number of hydrogen-bond acceptors (Lipinski definition) is 3. The minimum Gasteiger partial charge on any atom is -0.370 e. The van der Waals surface area contributed by atoms with E-state index in [2.05, 4.69) is 0 Å². The molecule has 1 aliphatic heterocycles. The molecule has 1 saturated heterocycles. The molecule has 2 N–H and O–H groups in total. The van der Waals surface area contributed by atoms with E-state index < -0.39 is 0 Å². The Hall–Kier alpha value is -1.17. The molecule has 128 valence electrons. The summed E-state index contributed by atoms with van der Waals surface area (Å²) in [5, 5.41) is 0. The second-order valence-corrected chi connectivity index (χ2v) is 6.35. The van der Waals surface area contributed by atoms with Gasteiger partial charge in [-0.3, -0.25) is 4.79 Å². The van der Waals surface area contributed by atoms with Gasteiger partial charge >= 0.3 is 0 Å². The van der Waals surface area contributed by atoms with E-state index in [4.69, 9.17) is 10.5 Å². The van der Waals surface area contributed by atoms with Crippen LogP contribution in [0.25, 0.3) is 0 Å². The second kappa shape index (κ2) is 7.60. The molecule has 6 heteroatoms. The zero-order valence-corrected chi connectivity index (χ0v) is 14.0. The van der Waals surface area contributed by atoms with Crippen LogP contribution in [0.3, 0.4) is 0 Å². The lowest BCUT2D eigenvalue weighted by molar-refractivity contribution is -0.149. The number of nitrogens with zero attached hydrogens (tertiary/aromatic N) is 1. The highest BCUT2D eigenvalue weighted by molar-refractivity contribution is 5.85. The largest absolute Gasteiger partial charge is 0.370 e. The minimum atomic E-state index is -0.370. The van der Waals surface area contributed by atoms with Crippen molar-refractivity contribution in [3.05, 3.63) is 35.6 Å². The van der Waals surface area contributed by atoms with Gasteiger partial charge in [-0.1, -0.05) is 25.0 Å². The highest BCUT2D eigenvalue weighted by Crippen LogP contribution is 2.39. The Morgan fingerprint density at radius 3 is 2.57 bits per heavy atom. The van der Waals surface area contributed by atoms with Gasteiger partial charge in [0.1, 0.15) is 11.9 Å². The summed E-state index contributed by atoms with van der Waals surface area (Å²) in [4.78, 5) is 14.8. The van der Waals surface area contributed by atoms with E-state index in [0.29, 0.717) is 26.2 Å². The Kier molecular flexibility index (Phi) is 6.00. The Balaban J connectivity index is 0.00000192. The van der Waals surface area contributed by atoms with Crippen LogP contribution in [0.1, 0.15) is 37.4 Å². The standard InChI is InChI=1S/C17H23FN2O2.ClH/c18-14-5-3-13(4-6-14)15-11-20(9-10-22-15)16(21)17(12-19)7-1-2-8-17;/h3-6,15H,1-2,7-12,19H2;1H. The number of carbonyl (C=O) groups excluding carboxylic acids is 1. The number of halogens is 2. The van der Waals surface area contributed by atoms with Gasteiger partial charge in [-0.2, -0.15) is 0 Å². The average molecular weight is 343 g/mol. The smallest absolute Gasteiger partial charge is 0.230 e. The molecule has 0 aromatic heterocycles. The number of benzene rings is 1. The number of nitrogens with two attached hydrogens (primary N) is 1. The van der Waals surface area contributed by atoms with Crippen LogP contribution in [0.2, 0.25) is 0 Å². The van der Waals surface area contributed by atoms with Crippen LogP contribution in [0.5, 0.6) is 0 Å². The van der Waals surface area contributed by atoms with Crippen molar-refractivity contribution in [1.29, 1.82) is 0 Å². The molecule has 1 saturated carbocycles. The van der Waals surface area contributed by atoms with Crippen LogP contribution < -0.4 is 5.73 Å². The third-order valence-electron chi connectivity index (χ3n) is 5.00. The summed E-state index contributed by atoms with van der Waals surface area (Å²) in [6.45, 7) is 2.06. The van der Waals surface area contributed by atoms with Crippen molar-refractivity contribution in [2.24, 2.45) is 11.1 Å². The Bertz CT molecular complexity index is 532. The number of rotatable bonds is 3. The topological polar surface area (TPSA) is 55.6 Å². The van der Waals surface area contributed by atoms with Gasteiger partial charge in [0.05, 0.1) is 18.6 Å². The molecule has 2 aliphatic rings. The first-order valence-electron chi connectivity index (χ1n) is 8.01. The molecule has 1 aromatic carbocycles. The predicted octanol–water partition coefficient (Wildman–Crippen LogP) is 2.67. The van der Waals surface area contributed by atoms with Crippen molar-refractivity contribution < 1.29 is 13.9 Å². The van der Waals surface area contributed by atoms with Gasteiger partial charge in [-0.15, -0.1) is 12.4 Å². The molecule has 2 fully saturated rings. The molecule has 0 radical (unpaired) electrons. The van der Waals surface area contributed by atoms with E-state index in [0.717, 1.165) is 31.2 Å². The van der Waals surface area contributed by atoms with E-state index in [-0.39, 0.29) is 35.7 Å². The second-order valence-electron chi connectivity index (χ2n) is 6.35. The van der Waals surface area contributed by atoms with Crippen molar-refractivity contribution in [2.45, 2.75) is 31.8 Å². The van der Waals surface area contributed by atoms with Crippen LogP contribution in [0.15, 0.2) is 24.3 Å². The molecule has 1 aromatic rings. The highest BCUT2D eigenvalue weighted by atomic mass is 35.5. The number of morpholine rings is 1. The van der Waals surface area contributed by atoms with Crippen LogP contribution in [0.4, 0.5) is 4.39 Å². The molecule has 4 nitrogen and oxygen atoms in total. The average Bonchev–Trinajstić information content (AvgIpc) is 3.05. The van der Waals surface area contributed by atoms with Crippen molar-refractivity contribution in [2.75, 3.05) is 26.2 Å². The summed E-state index contributed by atoms with van der Waals surface area (Å²) in [7, 11) is 0. The maximum atomic E-state index is 13.0. The lowest BCUT2D eigenvalue weighted by atomic mass is 9.84. The summed E-state index contributed by atoms with van der Waals surface area (Å²) in [5.74, 6) is -0.0940. The summed E-state index contributed by atoms with van der Waals surface area (Å²) < 4.78 is 18.8. The minimum absolute atomic E-state index is 0. The Morgan fingerprint density at radius 2 is 1.96 bits per heavy atom. The molecule has 1 aliphatic carbocycles. The van der Waals surface area contributed by atoms with Gasteiger partial charge in [0.25, 0.3) is 0 Å². The number of hydrogen-bond donors (Lipinski definition) is 1. The SMILES string of the molecule is Cl.NCC1(C(=O)N2CCOC(c3ccc(F)cc3)C2)CCCC1. The maximum Gasteiger partial charge on any atom is 0.230 e. The first-order valence-corrected chi connectivity index (χ1v) is 8.01. The molecule has 0 bridgehead atoms. The fourth-order valence-electron chi connectivity index (χ4n) is 3.61. The monoisotopic (exact) mass is 342 g/mol. The lowest BCUT2D eigenvalue weighted by Crippen LogP contribution is -2.51. The summed E-state index contributed by atoms with van der Waals surface area (Å²) >= 11 is 0. The maximum absolute atomic E-state index is 13.0. The molecule has 3 rings (SSSR count). The first-order chi connectivity index (χ1) is 10.6. The van der Waals surface area contributed by atoms with E-state index in [1.54, 1.807) is 12.1 Å². The molecule has 1 amide bonds. The van der Waals surface area contributed by atoms with Crippen LogP contribution in [-0.2, 0) is 9.53 Å². The fraction of sp³-hybridized carbons (Fsp3) is 0.588. The van der Waals surface area contributed by atoms with Crippen molar-refractivity contribution in [1.82, 2.24) is 4.90 Å². The third kappa shape index (κ3) is 3.67. The molecule has 1 heterocycles. The summed E-state index contributed by atoms with van der Waals surface area (Å²) in [6.07, 6.45) is 3.75. The van der Waals surface area contributed by atoms with E-state index in [1.165, 1.54) is 12.1 Å². The van der Waals surface area contributed by atoms with Crippen molar-refractivity contribution >= 4 is 18.3 Å². The zero-order chi connectivity index (χ0) is 15.6. The van der Waals surface area contributed by atoms with Gasteiger partial charge in [0.15, 0.2) is 0 Å². The van der Waals surface area contributed by atoms with Crippen LogP contribution >= 0.6 is 12.4 Å². The third-order valence-corrected chi connectivity index (χ3v) is 5.00. The van der Waals surface area contributed by atoms with E-state index >= 15 is 0 Å². The molecular weight excluding hydrogens is 319 g/mol. The summed E-state index contributed by atoms with van der Waals surface area (Å²) in [5.41, 5.74) is 6.46. The highest BCUT2D eigenvalue weighted by Gasteiger charge is 2.43. The fourth-order valence-corrected chi connectivity index (χ4v) is 3.61. The van der Waals surface area contributed by atoms with Gasteiger partial charge < -0.3 is 15.4 Å². The summed E-state index contributed by atoms with van der Waals surface area (Å²) in [6, 6.07) is 6.31. The van der Waals surface area contributed by atoms with E-state index in [9.17, 15) is 9.18 Å². The molecule has 23 heavy (non-hydrogen) atoms. The van der Waals surface area contributed by atoms with Gasteiger partial charge in [0.2, 0.25) is 5.91 Å². The normalized spacial score (nSPS) is 23.4. The van der Waals surface area contributed by atoms with Crippen LogP contribution in [0, 0.1) is 11.2 Å². The Labute approximate surface area is 142 Å². The van der Waals surface area contributed by atoms with Crippen molar-refractivity contribution in [3.8, 4) is 0 Å². The molecule has 1 unspecified atom stereocenters. The van der Waals surface area contributed by atoms with Gasteiger partial charge in [-0.25, -0.2) is 4.39 Å². The van der Waals surface area contributed by atoms with E-state index in [1.807, 2.05) is 4.90 Å². The van der Waals surface area contributed by atoms with Gasteiger partial charge in [0, 0.05) is 13.1 Å². The zero-order valence-electron chi connectivity index (χ0n) is 13.2.